The van der Waals surface area contributed by atoms with E-state index in [-0.39, 0.29) is 0 Å². The van der Waals surface area contributed by atoms with E-state index in [0.29, 0.717) is 0 Å². The lowest BCUT2D eigenvalue weighted by molar-refractivity contribution is -0.0176. The van der Waals surface area contributed by atoms with Gasteiger partial charge in [-0.25, -0.2) is 10.0 Å². The van der Waals surface area contributed by atoms with E-state index in [0.717, 1.165) is 39.3 Å². The zero-order valence-corrected chi connectivity index (χ0v) is 11.3. The van der Waals surface area contributed by atoms with Gasteiger partial charge in [-0.3, -0.25) is 0 Å². The number of hydrazine groups is 1. The molecule has 0 unspecified atom stereocenters. The second-order valence-electron chi connectivity index (χ2n) is 3.71. The van der Waals surface area contributed by atoms with Gasteiger partial charge in [-0.05, 0) is 13.1 Å². The summed E-state index contributed by atoms with van der Waals surface area (Å²) >= 11 is 0. The van der Waals surface area contributed by atoms with Crippen LogP contribution in [0.3, 0.4) is 0 Å². The third-order valence-electron chi connectivity index (χ3n) is 3.06. The minimum Gasteiger partial charge on any atom is -0.303 e. The molecule has 3 heteroatoms. The van der Waals surface area contributed by atoms with Crippen LogP contribution in [-0.2, 0) is 0 Å². The molecule has 0 radical (unpaired) electrons. The Morgan fingerprint density at radius 1 is 0.533 bits per heavy atom. The first-order valence-electron chi connectivity index (χ1n) is 6.45. The van der Waals surface area contributed by atoms with Crippen molar-refractivity contribution in [3.8, 4) is 0 Å². The highest BCUT2D eigenvalue weighted by molar-refractivity contribution is 4.59. The maximum absolute atomic E-state index is 2.48. The average molecular weight is 215 g/mol. The van der Waals surface area contributed by atoms with Gasteiger partial charge < -0.3 is 4.90 Å². The summed E-state index contributed by atoms with van der Waals surface area (Å²) in [5, 5.41) is 4.88. The van der Waals surface area contributed by atoms with Crippen LogP contribution in [0.2, 0.25) is 0 Å². The third-order valence-corrected chi connectivity index (χ3v) is 3.06. The highest BCUT2D eigenvalue weighted by Crippen LogP contribution is 1.98. The fraction of sp³-hybridized carbons (Fsp3) is 1.00. The molecule has 0 saturated carbocycles. The molecule has 0 aliphatic carbocycles. The Bertz CT molecular complexity index is 131. The normalized spacial score (nSPS) is 12.0. The summed E-state index contributed by atoms with van der Waals surface area (Å²) in [5.41, 5.74) is 0. The molecule has 0 aliphatic rings. The molecule has 0 amide bonds. The third kappa shape index (κ3) is 5.50. The maximum Gasteiger partial charge on any atom is 0.0261 e. The topological polar surface area (TPSA) is 9.72 Å². The minimum atomic E-state index is 1.11. The molecule has 15 heavy (non-hydrogen) atoms. The maximum atomic E-state index is 2.48. The SMILES string of the molecule is CCN(CC)CCN(CC)N(CC)CC. The largest absolute Gasteiger partial charge is 0.303 e. The van der Waals surface area contributed by atoms with Crippen molar-refractivity contribution in [3.63, 3.8) is 0 Å². The molecule has 0 atom stereocenters. The first-order chi connectivity index (χ1) is 7.23. The number of nitrogens with zero attached hydrogens (tertiary/aromatic N) is 3. The molecule has 0 heterocycles. The van der Waals surface area contributed by atoms with E-state index < -0.39 is 0 Å². The highest BCUT2D eigenvalue weighted by atomic mass is 15.6. The Hall–Kier alpha value is -0.120. The molecule has 3 nitrogen and oxygen atoms in total. The van der Waals surface area contributed by atoms with Crippen molar-refractivity contribution in [2.24, 2.45) is 0 Å². The van der Waals surface area contributed by atoms with Crippen LogP contribution in [0.5, 0.6) is 0 Å². The van der Waals surface area contributed by atoms with E-state index in [2.05, 4.69) is 49.5 Å². The van der Waals surface area contributed by atoms with Crippen LogP contribution in [0, 0.1) is 0 Å². The van der Waals surface area contributed by atoms with Gasteiger partial charge in [-0.15, -0.1) is 0 Å². The number of hydrogen-bond acceptors (Lipinski definition) is 3. The predicted molar refractivity (Wildman–Crippen MR) is 68.0 cm³/mol. The lowest BCUT2D eigenvalue weighted by Crippen LogP contribution is -2.46. The van der Waals surface area contributed by atoms with Gasteiger partial charge in [0, 0.05) is 32.7 Å². The van der Waals surface area contributed by atoms with E-state index in [1.54, 1.807) is 0 Å². The van der Waals surface area contributed by atoms with Gasteiger partial charge in [0.15, 0.2) is 0 Å². The summed E-state index contributed by atoms with van der Waals surface area (Å²) in [4.78, 5) is 2.48. The second kappa shape index (κ2) is 9.13. The standard InChI is InChI=1S/C12H29N3/c1-6-13(7-2)11-12-15(10-5)14(8-3)9-4/h6-12H2,1-5H3. The minimum absolute atomic E-state index is 1.11. The van der Waals surface area contributed by atoms with Gasteiger partial charge >= 0.3 is 0 Å². The number of likely N-dealkylation sites (N-methyl/N-ethyl adjacent to an activating group) is 2. The number of rotatable bonds is 9. The van der Waals surface area contributed by atoms with Gasteiger partial charge in [0.2, 0.25) is 0 Å². The summed E-state index contributed by atoms with van der Waals surface area (Å²) in [6, 6.07) is 0. The molecule has 0 aromatic rings. The first-order valence-corrected chi connectivity index (χ1v) is 6.45. The summed E-state index contributed by atoms with van der Waals surface area (Å²) < 4.78 is 0. The lowest BCUT2D eigenvalue weighted by Gasteiger charge is -2.34. The van der Waals surface area contributed by atoms with Crippen LogP contribution in [0.4, 0.5) is 0 Å². The summed E-state index contributed by atoms with van der Waals surface area (Å²) in [7, 11) is 0. The van der Waals surface area contributed by atoms with Gasteiger partial charge in [-0.1, -0.05) is 34.6 Å². The van der Waals surface area contributed by atoms with Crippen LogP contribution in [0.1, 0.15) is 34.6 Å². The van der Waals surface area contributed by atoms with Gasteiger partial charge in [-0.2, -0.15) is 0 Å². The summed E-state index contributed by atoms with van der Waals surface area (Å²) in [6.45, 7) is 19.1. The molecule has 0 aliphatic heterocycles. The Kier molecular flexibility index (Phi) is 9.06. The Morgan fingerprint density at radius 3 is 1.33 bits per heavy atom. The van der Waals surface area contributed by atoms with Crippen molar-refractivity contribution >= 4 is 0 Å². The molecular formula is C12H29N3. The predicted octanol–water partition coefficient (Wildman–Crippen LogP) is 1.91. The molecule has 0 N–H and O–H groups in total. The monoisotopic (exact) mass is 215 g/mol. The smallest absolute Gasteiger partial charge is 0.0261 e. The van der Waals surface area contributed by atoms with Crippen molar-refractivity contribution in [2.75, 3.05) is 45.8 Å². The Labute approximate surface area is 96.0 Å². The molecule has 0 fully saturated rings. The van der Waals surface area contributed by atoms with Crippen LogP contribution < -0.4 is 0 Å². The molecular weight excluding hydrogens is 186 g/mol. The first kappa shape index (κ1) is 14.9. The van der Waals surface area contributed by atoms with E-state index >= 15 is 0 Å². The van der Waals surface area contributed by atoms with Crippen molar-refractivity contribution < 1.29 is 0 Å². The summed E-state index contributed by atoms with van der Waals surface area (Å²) in [5.74, 6) is 0. The van der Waals surface area contributed by atoms with Gasteiger partial charge in [0.25, 0.3) is 0 Å². The number of hydrogen-bond donors (Lipinski definition) is 0. The van der Waals surface area contributed by atoms with Crippen molar-refractivity contribution in [1.82, 2.24) is 14.9 Å². The summed E-state index contributed by atoms with van der Waals surface area (Å²) in [6.07, 6.45) is 0. The molecule has 0 aromatic heterocycles. The molecule has 0 saturated heterocycles. The van der Waals surface area contributed by atoms with Crippen molar-refractivity contribution in [3.05, 3.63) is 0 Å². The van der Waals surface area contributed by atoms with Crippen molar-refractivity contribution in [1.29, 1.82) is 0 Å². The molecule has 0 rings (SSSR count). The molecule has 0 aromatic carbocycles. The van der Waals surface area contributed by atoms with E-state index in [4.69, 9.17) is 0 Å². The molecule has 92 valence electrons. The fourth-order valence-corrected chi connectivity index (χ4v) is 1.92. The molecule has 0 bridgehead atoms. The average Bonchev–Trinajstić information content (AvgIpc) is 2.29. The van der Waals surface area contributed by atoms with Gasteiger partial charge in [0.1, 0.15) is 0 Å². The lowest BCUT2D eigenvalue weighted by atomic mass is 10.4. The van der Waals surface area contributed by atoms with Crippen LogP contribution >= 0.6 is 0 Å². The Morgan fingerprint density at radius 2 is 1.00 bits per heavy atom. The van der Waals surface area contributed by atoms with Crippen molar-refractivity contribution in [2.45, 2.75) is 34.6 Å². The van der Waals surface area contributed by atoms with Crippen LogP contribution in [0.15, 0.2) is 0 Å². The Balaban J connectivity index is 3.97. The highest BCUT2D eigenvalue weighted by Gasteiger charge is 2.10. The molecule has 0 spiro atoms. The quantitative estimate of drug-likeness (QED) is 0.544. The van der Waals surface area contributed by atoms with Gasteiger partial charge in [0.05, 0.1) is 0 Å². The zero-order valence-electron chi connectivity index (χ0n) is 11.3. The fourth-order valence-electron chi connectivity index (χ4n) is 1.92. The second-order valence-corrected chi connectivity index (χ2v) is 3.71. The zero-order chi connectivity index (χ0) is 11.7. The van der Waals surface area contributed by atoms with E-state index in [1.807, 2.05) is 0 Å². The van der Waals surface area contributed by atoms with E-state index in [9.17, 15) is 0 Å². The van der Waals surface area contributed by atoms with Crippen LogP contribution in [-0.4, -0.2) is 60.7 Å². The van der Waals surface area contributed by atoms with E-state index in [1.165, 1.54) is 6.54 Å². The van der Waals surface area contributed by atoms with Crippen LogP contribution in [0.25, 0.3) is 0 Å².